The molecule has 6 heteroatoms. The number of alkyl halides is 1. The number of nitrogens with one attached hydrogen (secondary N) is 1. The minimum atomic E-state index is -0.935. The van der Waals surface area contributed by atoms with Gasteiger partial charge in [-0.05, 0) is 56.6 Å². The van der Waals surface area contributed by atoms with E-state index in [0.717, 1.165) is 41.0 Å². The fourth-order valence-electron chi connectivity index (χ4n) is 3.97. The zero-order valence-corrected chi connectivity index (χ0v) is 16.8. The van der Waals surface area contributed by atoms with Crippen LogP contribution in [-0.4, -0.2) is 45.4 Å². The van der Waals surface area contributed by atoms with Crippen molar-refractivity contribution >= 4 is 11.6 Å². The highest BCUT2D eigenvalue weighted by Gasteiger charge is 2.35. The summed E-state index contributed by atoms with van der Waals surface area (Å²) in [6, 6.07) is 11.8. The quantitative estimate of drug-likeness (QED) is 0.646. The number of piperidine rings is 1. The van der Waals surface area contributed by atoms with Gasteiger partial charge in [-0.15, -0.1) is 0 Å². The van der Waals surface area contributed by atoms with Crippen LogP contribution < -0.4 is 0 Å². The van der Waals surface area contributed by atoms with Crippen molar-refractivity contribution in [2.45, 2.75) is 38.4 Å². The largest absolute Gasteiger partial charge is 0.298 e. The number of benzene rings is 1. The van der Waals surface area contributed by atoms with Crippen LogP contribution in [0.2, 0.25) is 5.02 Å². The predicted molar refractivity (Wildman–Crippen MR) is 111 cm³/mol. The molecule has 1 aliphatic rings. The zero-order chi connectivity index (χ0) is 19.7. The van der Waals surface area contributed by atoms with E-state index in [0.29, 0.717) is 17.6 Å². The molecule has 4 rings (SSSR count). The third-order valence-corrected chi connectivity index (χ3v) is 5.81. The Kier molecular flexibility index (Phi) is 5.47. The molecule has 2 atom stereocenters. The Balaban J connectivity index is 1.77. The molecule has 2 unspecified atom stereocenters. The van der Waals surface area contributed by atoms with Crippen LogP contribution >= 0.6 is 11.6 Å². The summed E-state index contributed by atoms with van der Waals surface area (Å²) in [6.07, 6.45) is 3.34. The molecule has 146 valence electrons. The van der Waals surface area contributed by atoms with Crippen molar-refractivity contribution in [2.24, 2.45) is 0 Å². The number of rotatable bonds is 4. The van der Waals surface area contributed by atoms with E-state index < -0.39 is 6.17 Å². The summed E-state index contributed by atoms with van der Waals surface area (Å²) in [4.78, 5) is 6.33. The summed E-state index contributed by atoms with van der Waals surface area (Å²) >= 11 is 6.05. The van der Waals surface area contributed by atoms with Crippen molar-refractivity contribution in [3.63, 3.8) is 0 Å². The molecule has 0 radical (unpaired) electrons. The van der Waals surface area contributed by atoms with Crippen molar-refractivity contribution in [3.8, 4) is 22.4 Å². The van der Waals surface area contributed by atoms with Gasteiger partial charge >= 0.3 is 0 Å². The third-order valence-electron chi connectivity index (χ3n) is 5.55. The monoisotopic (exact) mass is 398 g/mol. The molecule has 0 saturated carbocycles. The molecule has 1 N–H and O–H groups in total. The highest BCUT2D eigenvalue weighted by molar-refractivity contribution is 6.30. The SMILES string of the molecule is CC(C)N1CCC(c2[nH]nc(-c3ccc(Cl)cc3)c2-c2ccncc2)C(F)C1. The summed E-state index contributed by atoms with van der Waals surface area (Å²) in [7, 11) is 0. The summed E-state index contributed by atoms with van der Waals surface area (Å²) in [5.74, 6) is -0.202. The molecule has 3 heterocycles. The third kappa shape index (κ3) is 3.69. The van der Waals surface area contributed by atoms with Crippen molar-refractivity contribution in [1.29, 1.82) is 0 Å². The molecule has 28 heavy (non-hydrogen) atoms. The van der Waals surface area contributed by atoms with Gasteiger partial charge in [0, 0.05) is 52.7 Å². The molecular formula is C22H24ClFN4. The number of halogens is 2. The van der Waals surface area contributed by atoms with Crippen molar-refractivity contribution in [1.82, 2.24) is 20.1 Å². The minimum Gasteiger partial charge on any atom is -0.298 e. The molecule has 1 aromatic carbocycles. The lowest BCUT2D eigenvalue weighted by atomic mass is 9.86. The Morgan fingerprint density at radius 1 is 1.11 bits per heavy atom. The number of hydrogen-bond donors (Lipinski definition) is 1. The van der Waals surface area contributed by atoms with Crippen LogP contribution in [0.3, 0.4) is 0 Å². The van der Waals surface area contributed by atoms with Gasteiger partial charge < -0.3 is 0 Å². The minimum absolute atomic E-state index is 0.202. The number of likely N-dealkylation sites (tertiary alicyclic amines) is 1. The highest BCUT2D eigenvalue weighted by Crippen LogP contribution is 2.40. The molecule has 3 aromatic rings. The summed E-state index contributed by atoms with van der Waals surface area (Å²) in [5, 5.41) is 8.43. The van der Waals surface area contributed by atoms with Crippen molar-refractivity contribution in [2.75, 3.05) is 13.1 Å². The Hall–Kier alpha value is -2.24. The molecule has 1 saturated heterocycles. The molecule has 1 aliphatic heterocycles. The maximum Gasteiger partial charge on any atom is 0.121 e. The van der Waals surface area contributed by atoms with Crippen LogP contribution in [-0.2, 0) is 0 Å². The van der Waals surface area contributed by atoms with Gasteiger partial charge in [-0.25, -0.2) is 4.39 Å². The van der Waals surface area contributed by atoms with Gasteiger partial charge in [0.1, 0.15) is 11.9 Å². The lowest BCUT2D eigenvalue weighted by Crippen LogP contribution is -2.44. The summed E-state index contributed by atoms with van der Waals surface area (Å²) < 4.78 is 15.2. The van der Waals surface area contributed by atoms with Gasteiger partial charge in [-0.2, -0.15) is 5.10 Å². The van der Waals surface area contributed by atoms with Crippen LogP contribution in [0.5, 0.6) is 0 Å². The number of hydrogen-bond acceptors (Lipinski definition) is 3. The average Bonchev–Trinajstić information content (AvgIpc) is 3.14. The number of aromatic amines is 1. The second-order valence-corrected chi connectivity index (χ2v) is 8.04. The van der Waals surface area contributed by atoms with Crippen molar-refractivity contribution < 1.29 is 4.39 Å². The van der Waals surface area contributed by atoms with E-state index in [-0.39, 0.29) is 5.92 Å². The molecule has 0 spiro atoms. The molecule has 1 fully saturated rings. The lowest BCUT2D eigenvalue weighted by molar-refractivity contribution is 0.0928. The van der Waals surface area contributed by atoms with E-state index >= 15 is 4.39 Å². The van der Waals surface area contributed by atoms with Gasteiger partial charge in [0.2, 0.25) is 0 Å². The van der Waals surface area contributed by atoms with Crippen molar-refractivity contribution in [3.05, 3.63) is 59.5 Å². The van der Waals surface area contributed by atoms with E-state index in [2.05, 4.69) is 33.9 Å². The molecule has 4 nitrogen and oxygen atoms in total. The molecule has 0 amide bonds. The first-order chi connectivity index (χ1) is 13.5. The van der Waals surface area contributed by atoms with E-state index in [9.17, 15) is 0 Å². The predicted octanol–water partition coefficient (Wildman–Crippen LogP) is 5.33. The first-order valence-electron chi connectivity index (χ1n) is 9.67. The smallest absolute Gasteiger partial charge is 0.121 e. The van der Waals surface area contributed by atoms with Crippen LogP contribution in [0.15, 0.2) is 48.8 Å². The Morgan fingerprint density at radius 2 is 1.82 bits per heavy atom. The van der Waals surface area contributed by atoms with Crippen LogP contribution in [0.4, 0.5) is 4.39 Å². The fraction of sp³-hybridized carbons (Fsp3) is 0.364. The van der Waals surface area contributed by atoms with Crippen LogP contribution in [0.1, 0.15) is 31.9 Å². The Bertz CT molecular complexity index is 923. The molecule has 2 aromatic heterocycles. The normalized spacial score (nSPS) is 20.6. The first kappa shape index (κ1) is 19.1. The van der Waals surface area contributed by atoms with E-state index in [1.54, 1.807) is 12.4 Å². The van der Waals surface area contributed by atoms with Crippen LogP contribution in [0.25, 0.3) is 22.4 Å². The van der Waals surface area contributed by atoms with Gasteiger partial charge in [0.25, 0.3) is 0 Å². The van der Waals surface area contributed by atoms with Gasteiger partial charge in [-0.1, -0.05) is 23.7 Å². The Morgan fingerprint density at radius 3 is 2.46 bits per heavy atom. The maximum atomic E-state index is 15.2. The molecular weight excluding hydrogens is 375 g/mol. The first-order valence-corrected chi connectivity index (χ1v) is 10.0. The maximum absolute atomic E-state index is 15.2. The van der Waals surface area contributed by atoms with Gasteiger partial charge in [0.05, 0.1) is 0 Å². The summed E-state index contributed by atoms with van der Waals surface area (Å²) in [5.41, 5.74) is 4.58. The lowest BCUT2D eigenvalue weighted by Gasteiger charge is -2.37. The van der Waals surface area contributed by atoms with E-state index in [1.165, 1.54) is 0 Å². The fourth-order valence-corrected chi connectivity index (χ4v) is 4.10. The topological polar surface area (TPSA) is 44.8 Å². The second kappa shape index (κ2) is 8.02. The highest BCUT2D eigenvalue weighted by atomic mass is 35.5. The van der Waals surface area contributed by atoms with Gasteiger partial charge in [0.15, 0.2) is 0 Å². The average molecular weight is 399 g/mol. The molecule has 0 bridgehead atoms. The second-order valence-electron chi connectivity index (χ2n) is 7.60. The molecule has 0 aliphatic carbocycles. The summed E-state index contributed by atoms with van der Waals surface area (Å²) in [6.45, 7) is 5.57. The van der Waals surface area contributed by atoms with E-state index in [1.807, 2.05) is 36.4 Å². The van der Waals surface area contributed by atoms with Gasteiger partial charge in [-0.3, -0.25) is 15.0 Å². The number of aromatic nitrogens is 3. The number of pyridine rings is 1. The number of nitrogens with zero attached hydrogens (tertiary/aromatic N) is 3. The standard InChI is InChI=1S/C22H24ClFN4/c1-14(2)28-12-9-18(19(24)13-28)22-20(15-7-10-25-11-8-15)21(26-27-22)16-3-5-17(23)6-4-16/h3-8,10-11,14,18-19H,9,12-13H2,1-2H3,(H,26,27). The van der Waals surface area contributed by atoms with E-state index in [4.69, 9.17) is 11.6 Å². The Labute approximate surface area is 169 Å². The number of H-pyrrole nitrogens is 1. The van der Waals surface area contributed by atoms with Crippen LogP contribution in [0, 0.1) is 0 Å². The zero-order valence-electron chi connectivity index (χ0n) is 16.1.